The van der Waals surface area contributed by atoms with Crippen molar-refractivity contribution in [2.45, 2.75) is 12.5 Å². The van der Waals surface area contributed by atoms with Crippen LogP contribution in [0.25, 0.3) is 0 Å². The van der Waals surface area contributed by atoms with Gasteiger partial charge in [-0.2, -0.15) is 0 Å². The highest BCUT2D eigenvalue weighted by atomic mass is 79.9. The first-order valence-electron chi connectivity index (χ1n) is 5.11. The maximum atomic E-state index is 13.0. The second-order valence-electron chi connectivity index (χ2n) is 3.82. The molecule has 0 amide bonds. The van der Waals surface area contributed by atoms with Gasteiger partial charge in [-0.25, -0.2) is 4.39 Å². The van der Waals surface area contributed by atoms with Crippen LogP contribution < -0.4 is 5.73 Å². The number of rotatable bonds is 3. The number of nitrogens with two attached hydrogens (primary N) is 1. The van der Waals surface area contributed by atoms with Crippen molar-refractivity contribution < 1.29 is 4.39 Å². The summed E-state index contributed by atoms with van der Waals surface area (Å²) >= 11 is 11.9. The van der Waals surface area contributed by atoms with Crippen molar-refractivity contribution >= 4 is 59.1 Å². The van der Waals surface area contributed by atoms with Crippen molar-refractivity contribution in [3.8, 4) is 0 Å². The average molecular weight is 458 g/mol. The maximum Gasteiger partial charge on any atom is 0.124 e. The van der Waals surface area contributed by atoms with Crippen LogP contribution in [0.15, 0.2) is 37.0 Å². The lowest BCUT2D eigenvalue weighted by Gasteiger charge is -2.11. The molecule has 0 aliphatic heterocycles. The molecule has 2 N–H and O–H groups in total. The van der Waals surface area contributed by atoms with Crippen molar-refractivity contribution in [1.29, 1.82) is 0 Å². The zero-order valence-corrected chi connectivity index (χ0v) is 14.7. The van der Waals surface area contributed by atoms with Crippen molar-refractivity contribution in [1.82, 2.24) is 0 Å². The summed E-state index contributed by atoms with van der Waals surface area (Å²) in [6.45, 7) is 0. The number of thiophene rings is 1. The summed E-state index contributed by atoms with van der Waals surface area (Å²) in [5, 5.41) is 0. The highest BCUT2D eigenvalue weighted by molar-refractivity contribution is 9.13. The Morgan fingerprint density at radius 1 is 1.17 bits per heavy atom. The van der Waals surface area contributed by atoms with Crippen LogP contribution >= 0.6 is 59.1 Å². The fourth-order valence-corrected chi connectivity index (χ4v) is 4.17. The molecular weight excluding hydrogens is 449 g/mol. The molecule has 2 aromatic rings. The van der Waals surface area contributed by atoms with E-state index in [0.29, 0.717) is 6.42 Å². The molecule has 96 valence electrons. The summed E-state index contributed by atoms with van der Waals surface area (Å²) in [7, 11) is 0. The largest absolute Gasteiger partial charge is 0.323 e. The van der Waals surface area contributed by atoms with E-state index < -0.39 is 0 Å². The minimum Gasteiger partial charge on any atom is -0.323 e. The molecule has 1 heterocycles. The molecule has 0 spiro atoms. The van der Waals surface area contributed by atoms with Gasteiger partial charge in [0.1, 0.15) is 5.82 Å². The first-order chi connectivity index (χ1) is 8.47. The van der Waals surface area contributed by atoms with Crippen molar-refractivity contribution in [2.75, 3.05) is 0 Å². The fraction of sp³-hybridized carbons (Fsp3) is 0.167. The predicted octanol–water partition coefficient (Wildman–Crippen LogP) is 5.42. The second-order valence-corrected chi connectivity index (χ2v) is 7.93. The summed E-state index contributed by atoms with van der Waals surface area (Å²) < 4.78 is 15.8. The van der Waals surface area contributed by atoms with E-state index in [-0.39, 0.29) is 11.9 Å². The average Bonchev–Trinajstić information content (AvgIpc) is 2.63. The Morgan fingerprint density at radius 2 is 1.89 bits per heavy atom. The molecule has 0 radical (unpaired) electrons. The third-order valence-corrected chi connectivity index (χ3v) is 6.61. The van der Waals surface area contributed by atoms with Gasteiger partial charge in [-0.15, -0.1) is 11.3 Å². The van der Waals surface area contributed by atoms with Crippen LogP contribution in [-0.2, 0) is 6.42 Å². The first-order valence-corrected chi connectivity index (χ1v) is 8.31. The molecule has 1 aromatic heterocycles. The van der Waals surface area contributed by atoms with Crippen molar-refractivity contribution in [3.63, 3.8) is 0 Å². The summed E-state index contributed by atoms with van der Waals surface area (Å²) in [5.74, 6) is -0.249. The second kappa shape index (κ2) is 6.13. The fourth-order valence-electron chi connectivity index (χ4n) is 1.57. The minimum atomic E-state index is -0.249. The van der Waals surface area contributed by atoms with Gasteiger partial charge in [0.05, 0.1) is 3.79 Å². The smallest absolute Gasteiger partial charge is 0.124 e. The molecule has 18 heavy (non-hydrogen) atoms. The van der Waals surface area contributed by atoms with Gasteiger partial charge in [0.25, 0.3) is 0 Å². The summed E-state index contributed by atoms with van der Waals surface area (Å²) in [4.78, 5) is 1.09. The van der Waals surface area contributed by atoms with Gasteiger partial charge in [0, 0.05) is 19.9 Å². The van der Waals surface area contributed by atoms with Crippen molar-refractivity contribution in [2.24, 2.45) is 5.73 Å². The Hall–Kier alpha value is 0.250. The predicted molar refractivity (Wildman–Crippen MR) is 84.5 cm³/mol. The molecule has 1 aromatic carbocycles. The topological polar surface area (TPSA) is 26.0 Å². The standard InChI is InChI=1S/C12H9Br3FNS/c13-8-4-7(16)2-1-6(8)3-10(17)11-5-9(14)12(15)18-11/h1-2,4-5,10H,3,17H2. The number of hydrogen-bond donors (Lipinski definition) is 1. The Morgan fingerprint density at radius 3 is 2.44 bits per heavy atom. The Labute approximate surface area is 134 Å². The van der Waals surface area contributed by atoms with Gasteiger partial charge < -0.3 is 5.73 Å². The summed E-state index contributed by atoms with van der Waals surface area (Å²) in [6.07, 6.45) is 0.667. The zero-order chi connectivity index (χ0) is 13.3. The molecule has 0 aliphatic carbocycles. The van der Waals surface area contributed by atoms with Gasteiger partial charge in [0.2, 0.25) is 0 Å². The monoisotopic (exact) mass is 455 g/mol. The van der Waals surface area contributed by atoms with E-state index in [9.17, 15) is 4.39 Å². The van der Waals surface area contributed by atoms with E-state index in [0.717, 1.165) is 23.2 Å². The van der Waals surface area contributed by atoms with Crippen molar-refractivity contribution in [3.05, 3.63) is 53.3 Å². The van der Waals surface area contributed by atoms with Crippen LogP contribution in [0.2, 0.25) is 0 Å². The van der Waals surface area contributed by atoms with Crippen LogP contribution in [-0.4, -0.2) is 0 Å². The lowest BCUT2D eigenvalue weighted by molar-refractivity contribution is 0.624. The Balaban J connectivity index is 2.18. The number of hydrogen-bond acceptors (Lipinski definition) is 2. The summed E-state index contributed by atoms with van der Waals surface area (Å²) in [5.41, 5.74) is 7.17. The van der Waals surface area contributed by atoms with Crippen LogP contribution in [0.5, 0.6) is 0 Å². The first kappa shape index (κ1) is 14.7. The third kappa shape index (κ3) is 3.42. The molecule has 0 fully saturated rings. The summed E-state index contributed by atoms with van der Waals surface area (Å²) in [6, 6.07) is 6.59. The molecule has 6 heteroatoms. The number of benzene rings is 1. The molecule has 1 nitrogen and oxygen atoms in total. The van der Waals surface area contributed by atoms with E-state index in [1.165, 1.54) is 12.1 Å². The molecule has 0 saturated carbocycles. The molecule has 1 unspecified atom stereocenters. The SMILES string of the molecule is NC(Cc1ccc(F)cc1Br)c1cc(Br)c(Br)s1. The quantitative estimate of drug-likeness (QED) is 0.654. The molecule has 0 saturated heterocycles. The van der Waals surface area contributed by atoms with Crippen LogP contribution in [0.1, 0.15) is 16.5 Å². The lowest BCUT2D eigenvalue weighted by Crippen LogP contribution is -2.12. The molecule has 2 rings (SSSR count). The minimum absolute atomic E-state index is 0.0978. The van der Waals surface area contributed by atoms with E-state index in [1.54, 1.807) is 17.4 Å². The van der Waals surface area contributed by atoms with E-state index in [2.05, 4.69) is 47.8 Å². The van der Waals surface area contributed by atoms with Gasteiger partial charge in [-0.05, 0) is 62.0 Å². The van der Waals surface area contributed by atoms with Gasteiger partial charge >= 0.3 is 0 Å². The van der Waals surface area contributed by atoms with E-state index >= 15 is 0 Å². The Kier molecular flexibility index (Phi) is 4.99. The third-order valence-electron chi connectivity index (χ3n) is 2.48. The normalized spacial score (nSPS) is 12.7. The zero-order valence-electron chi connectivity index (χ0n) is 9.09. The van der Waals surface area contributed by atoms with Gasteiger partial charge in [-0.1, -0.05) is 22.0 Å². The van der Waals surface area contributed by atoms with E-state index in [4.69, 9.17) is 5.73 Å². The van der Waals surface area contributed by atoms with Gasteiger partial charge in [-0.3, -0.25) is 0 Å². The van der Waals surface area contributed by atoms with Crippen LogP contribution in [0.4, 0.5) is 4.39 Å². The van der Waals surface area contributed by atoms with Gasteiger partial charge in [0.15, 0.2) is 0 Å². The lowest BCUT2D eigenvalue weighted by atomic mass is 10.1. The highest BCUT2D eigenvalue weighted by Gasteiger charge is 2.14. The molecule has 0 bridgehead atoms. The molecular formula is C12H9Br3FNS. The maximum absolute atomic E-state index is 13.0. The van der Waals surface area contributed by atoms with Crippen LogP contribution in [0, 0.1) is 5.82 Å². The molecule has 1 atom stereocenters. The number of halogens is 4. The van der Waals surface area contributed by atoms with Crippen LogP contribution in [0.3, 0.4) is 0 Å². The van der Waals surface area contributed by atoms with E-state index in [1.807, 2.05) is 6.07 Å². The Bertz CT molecular complexity index is 551. The molecule has 0 aliphatic rings. The highest BCUT2D eigenvalue weighted by Crippen LogP contribution is 2.36.